The largest absolute Gasteiger partial charge is 0.497 e. The standard InChI is InChI=1S/C22H30O2/c1-5-7-19(20-11-13-21(23-3)14-12-20)10-8-17-9-15-22(24-4)18(6-2)16-17/h9,11-16,19H,5-8,10H2,1-4H3. The maximum Gasteiger partial charge on any atom is 0.122 e. The van der Waals surface area contributed by atoms with Crippen LogP contribution in [0.1, 0.15) is 55.7 Å². The van der Waals surface area contributed by atoms with E-state index in [1.807, 2.05) is 0 Å². The number of hydrogen-bond acceptors (Lipinski definition) is 2. The van der Waals surface area contributed by atoms with E-state index in [1.54, 1.807) is 14.2 Å². The van der Waals surface area contributed by atoms with Gasteiger partial charge in [-0.15, -0.1) is 0 Å². The highest BCUT2D eigenvalue weighted by molar-refractivity contribution is 5.37. The van der Waals surface area contributed by atoms with Crippen LogP contribution in [0.25, 0.3) is 0 Å². The average Bonchev–Trinajstić information content (AvgIpc) is 2.65. The summed E-state index contributed by atoms with van der Waals surface area (Å²) in [7, 11) is 3.46. The second-order valence-corrected chi connectivity index (χ2v) is 6.30. The van der Waals surface area contributed by atoms with Gasteiger partial charge in [0.05, 0.1) is 14.2 Å². The SMILES string of the molecule is CCCC(CCc1ccc(OC)c(CC)c1)c1ccc(OC)cc1. The van der Waals surface area contributed by atoms with Gasteiger partial charge in [-0.1, -0.05) is 44.5 Å². The fourth-order valence-corrected chi connectivity index (χ4v) is 3.31. The lowest BCUT2D eigenvalue weighted by Crippen LogP contribution is -2.02. The van der Waals surface area contributed by atoms with Crippen molar-refractivity contribution in [3.63, 3.8) is 0 Å². The van der Waals surface area contributed by atoms with E-state index < -0.39 is 0 Å². The first-order valence-corrected chi connectivity index (χ1v) is 9.01. The zero-order valence-electron chi connectivity index (χ0n) is 15.5. The van der Waals surface area contributed by atoms with Crippen molar-refractivity contribution in [1.29, 1.82) is 0 Å². The van der Waals surface area contributed by atoms with Crippen molar-refractivity contribution in [3.8, 4) is 11.5 Å². The Morgan fingerprint density at radius 1 is 0.875 bits per heavy atom. The summed E-state index contributed by atoms with van der Waals surface area (Å²) in [5.41, 5.74) is 4.12. The van der Waals surface area contributed by atoms with Crippen LogP contribution in [0.5, 0.6) is 11.5 Å². The molecular formula is C22H30O2. The Morgan fingerprint density at radius 2 is 1.62 bits per heavy atom. The summed E-state index contributed by atoms with van der Waals surface area (Å²) in [6.07, 6.45) is 5.72. The fraction of sp³-hybridized carbons (Fsp3) is 0.455. The van der Waals surface area contributed by atoms with Crippen LogP contribution >= 0.6 is 0 Å². The molecular weight excluding hydrogens is 296 g/mol. The number of methoxy groups -OCH3 is 2. The first kappa shape index (κ1) is 18.4. The van der Waals surface area contributed by atoms with E-state index in [0.717, 1.165) is 24.3 Å². The summed E-state index contributed by atoms with van der Waals surface area (Å²) < 4.78 is 10.7. The van der Waals surface area contributed by atoms with E-state index in [4.69, 9.17) is 9.47 Å². The molecule has 2 rings (SSSR count). The first-order valence-electron chi connectivity index (χ1n) is 9.01. The van der Waals surface area contributed by atoms with Crippen LogP contribution in [0, 0.1) is 0 Å². The van der Waals surface area contributed by atoms with Gasteiger partial charge in [0.25, 0.3) is 0 Å². The predicted octanol–water partition coefficient (Wildman–Crippen LogP) is 5.78. The van der Waals surface area contributed by atoms with Gasteiger partial charge < -0.3 is 9.47 Å². The van der Waals surface area contributed by atoms with Crippen molar-refractivity contribution in [1.82, 2.24) is 0 Å². The van der Waals surface area contributed by atoms with Gasteiger partial charge >= 0.3 is 0 Å². The van der Waals surface area contributed by atoms with Gasteiger partial charge in [0.2, 0.25) is 0 Å². The van der Waals surface area contributed by atoms with Gasteiger partial charge in [-0.05, 0) is 66.5 Å². The second kappa shape index (κ2) is 9.36. The third kappa shape index (κ3) is 4.77. The smallest absolute Gasteiger partial charge is 0.122 e. The highest BCUT2D eigenvalue weighted by Crippen LogP contribution is 2.29. The predicted molar refractivity (Wildman–Crippen MR) is 101 cm³/mol. The van der Waals surface area contributed by atoms with Gasteiger partial charge in [-0.2, -0.15) is 0 Å². The molecule has 0 saturated carbocycles. The summed E-state index contributed by atoms with van der Waals surface area (Å²) in [5.74, 6) is 2.53. The van der Waals surface area contributed by atoms with Crippen LogP contribution in [-0.4, -0.2) is 14.2 Å². The Labute approximate surface area is 146 Å². The molecule has 0 aliphatic heterocycles. The van der Waals surface area contributed by atoms with E-state index in [-0.39, 0.29) is 0 Å². The molecule has 1 unspecified atom stereocenters. The third-order valence-corrected chi connectivity index (χ3v) is 4.73. The summed E-state index contributed by atoms with van der Waals surface area (Å²) in [4.78, 5) is 0. The monoisotopic (exact) mass is 326 g/mol. The second-order valence-electron chi connectivity index (χ2n) is 6.30. The number of aryl methyl sites for hydroxylation is 2. The van der Waals surface area contributed by atoms with Crippen molar-refractivity contribution in [2.75, 3.05) is 14.2 Å². The molecule has 0 bridgehead atoms. The van der Waals surface area contributed by atoms with Gasteiger partial charge in [0, 0.05) is 0 Å². The maximum atomic E-state index is 5.43. The number of hydrogen-bond donors (Lipinski definition) is 0. The minimum absolute atomic E-state index is 0.605. The zero-order valence-corrected chi connectivity index (χ0v) is 15.5. The molecule has 0 amide bonds. The Balaban J connectivity index is 2.07. The molecule has 0 aromatic heterocycles. The minimum atomic E-state index is 0.605. The number of benzene rings is 2. The van der Waals surface area contributed by atoms with E-state index in [9.17, 15) is 0 Å². The molecule has 2 heteroatoms. The minimum Gasteiger partial charge on any atom is -0.497 e. The van der Waals surface area contributed by atoms with Crippen LogP contribution < -0.4 is 9.47 Å². The van der Waals surface area contributed by atoms with Gasteiger partial charge in [0.1, 0.15) is 11.5 Å². The molecule has 0 fully saturated rings. The Kier molecular flexibility index (Phi) is 7.17. The molecule has 2 nitrogen and oxygen atoms in total. The highest BCUT2D eigenvalue weighted by atomic mass is 16.5. The molecule has 0 saturated heterocycles. The Bertz CT molecular complexity index is 616. The van der Waals surface area contributed by atoms with Crippen molar-refractivity contribution >= 4 is 0 Å². The van der Waals surface area contributed by atoms with Crippen molar-refractivity contribution in [2.45, 2.75) is 51.9 Å². The quantitative estimate of drug-likeness (QED) is 0.581. The molecule has 24 heavy (non-hydrogen) atoms. The van der Waals surface area contributed by atoms with Crippen LogP contribution in [-0.2, 0) is 12.8 Å². The number of rotatable bonds is 9. The third-order valence-electron chi connectivity index (χ3n) is 4.73. The van der Waals surface area contributed by atoms with Crippen LogP contribution in [0.3, 0.4) is 0 Å². The van der Waals surface area contributed by atoms with Crippen molar-refractivity contribution in [3.05, 3.63) is 59.2 Å². The summed E-state index contributed by atoms with van der Waals surface area (Å²) in [6, 6.07) is 15.2. The number of ether oxygens (including phenoxy) is 2. The first-order chi connectivity index (χ1) is 11.7. The molecule has 1 atom stereocenters. The lowest BCUT2D eigenvalue weighted by atomic mass is 9.88. The maximum absolute atomic E-state index is 5.43. The molecule has 0 spiro atoms. The fourth-order valence-electron chi connectivity index (χ4n) is 3.31. The summed E-state index contributed by atoms with van der Waals surface area (Å²) in [6.45, 7) is 4.44. The summed E-state index contributed by atoms with van der Waals surface area (Å²) >= 11 is 0. The molecule has 0 N–H and O–H groups in total. The van der Waals surface area contributed by atoms with Crippen LogP contribution in [0.2, 0.25) is 0 Å². The molecule has 130 valence electrons. The Hall–Kier alpha value is -1.96. The highest BCUT2D eigenvalue weighted by Gasteiger charge is 2.12. The van der Waals surface area contributed by atoms with Gasteiger partial charge in [0.15, 0.2) is 0 Å². The molecule has 0 aliphatic rings. The van der Waals surface area contributed by atoms with Crippen molar-refractivity contribution < 1.29 is 9.47 Å². The molecule has 0 aliphatic carbocycles. The topological polar surface area (TPSA) is 18.5 Å². The van der Waals surface area contributed by atoms with E-state index in [2.05, 4.69) is 56.3 Å². The van der Waals surface area contributed by atoms with Gasteiger partial charge in [-0.3, -0.25) is 0 Å². The van der Waals surface area contributed by atoms with Gasteiger partial charge in [-0.25, -0.2) is 0 Å². The van der Waals surface area contributed by atoms with Crippen molar-refractivity contribution in [2.24, 2.45) is 0 Å². The normalized spacial score (nSPS) is 12.0. The Morgan fingerprint density at radius 3 is 2.21 bits per heavy atom. The molecule has 2 aromatic rings. The lowest BCUT2D eigenvalue weighted by Gasteiger charge is -2.18. The molecule has 0 radical (unpaired) electrons. The summed E-state index contributed by atoms with van der Waals surface area (Å²) in [5, 5.41) is 0. The molecule has 0 heterocycles. The van der Waals surface area contributed by atoms with E-state index >= 15 is 0 Å². The van der Waals surface area contributed by atoms with Crippen LogP contribution in [0.15, 0.2) is 42.5 Å². The lowest BCUT2D eigenvalue weighted by molar-refractivity contribution is 0.410. The van der Waals surface area contributed by atoms with E-state index in [1.165, 1.54) is 36.0 Å². The van der Waals surface area contributed by atoms with Crippen LogP contribution in [0.4, 0.5) is 0 Å². The molecule has 2 aromatic carbocycles. The average molecular weight is 326 g/mol. The zero-order chi connectivity index (χ0) is 17.4. The van der Waals surface area contributed by atoms with E-state index in [0.29, 0.717) is 5.92 Å².